The molecule has 0 atom stereocenters. The molecule has 1 heterocycles. The molecule has 1 amide bonds. The summed E-state index contributed by atoms with van der Waals surface area (Å²) < 4.78 is 11.7. The fraction of sp³-hybridized carbons (Fsp3) is 0.158. The number of likely N-dealkylation sites (N-methyl/N-ethyl adjacent to an activating group) is 1. The van der Waals surface area contributed by atoms with Gasteiger partial charge in [-0.05, 0) is 41.5 Å². The van der Waals surface area contributed by atoms with E-state index in [1.807, 2.05) is 6.07 Å². The highest BCUT2D eigenvalue weighted by Crippen LogP contribution is 2.34. The number of non-ortho nitro benzene ring substituents is 1. The normalized spacial score (nSPS) is 15.2. The van der Waals surface area contributed by atoms with Gasteiger partial charge in [0.15, 0.2) is 11.5 Å². The number of hydrogen-bond acceptors (Lipinski definition) is 7. The molecule has 0 aliphatic carbocycles. The lowest BCUT2D eigenvalue weighted by molar-refractivity contribution is -0.384. The van der Waals surface area contributed by atoms with Crippen molar-refractivity contribution >= 4 is 46.0 Å². The van der Waals surface area contributed by atoms with E-state index >= 15 is 0 Å². The van der Waals surface area contributed by atoms with Crippen LogP contribution in [0.1, 0.15) is 11.1 Å². The molecule has 0 N–H and O–H groups in total. The van der Waals surface area contributed by atoms with Gasteiger partial charge in [-0.2, -0.15) is 0 Å². The topological polar surface area (TPSA) is 81.9 Å². The zero-order valence-electron chi connectivity index (χ0n) is 15.1. The summed E-state index contributed by atoms with van der Waals surface area (Å²) in [7, 11) is 3.18. The number of nitrogens with zero attached hydrogens (tertiary/aromatic N) is 2. The van der Waals surface area contributed by atoms with Crippen LogP contribution < -0.4 is 9.47 Å². The summed E-state index contributed by atoms with van der Waals surface area (Å²) in [6.07, 6.45) is 1.75. The number of thiocarbonyl (C=S) groups is 1. The molecule has 3 rings (SSSR count). The van der Waals surface area contributed by atoms with Crippen molar-refractivity contribution in [1.29, 1.82) is 0 Å². The first-order valence-corrected chi connectivity index (χ1v) is 9.37. The van der Waals surface area contributed by atoms with Gasteiger partial charge in [0.2, 0.25) is 0 Å². The Morgan fingerprint density at radius 3 is 2.50 bits per heavy atom. The molecule has 0 radical (unpaired) electrons. The molecule has 2 aromatic carbocycles. The Morgan fingerprint density at radius 1 is 1.21 bits per heavy atom. The van der Waals surface area contributed by atoms with Crippen molar-refractivity contribution < 1.29 is 19.2 Å². The van der Waals surface area contributed by atoms with Crippen molar-refractivity contribution in [3.05, 3.63) is 68.6 Å². The zero-order chi connectivity index (χ0) is 20.3. The Balaban J connectivity index is 1.79. The molecule has 28 heavy (non-hydrogen) atoms. The van der Waals surface area contributed by atoms with Gasteiger partial charge in [0.25, 0.3) is 11.6 Å². The summed E-state index contributed by atoms with van der Waals surface area (Å²) in [5.41, 5.74) is 1.58. The van der Waals surface area contributed by atoms with E-state index in [0.717, 1.165) is 11.1 Å². The predicted octanol–water partition coefficient (Wildman–Crippen LogP) is 4.01. The average molecular weight is 416 g/mol. The Labute approximate surface area is 171 Å². The van der Waals surface area contributed by atoms with Gasteiger partial charge in [-0.1, -0.05) is 30.0 Å². The van der Waals surface area contributed by atoms with Crippen LogP contribution in [0.5, 0.6) is 11.5 Å². The van der Waals surface area contributed by atoms with Gasteiger partial charge in [-0.15, -0.1) is 0 Å². The fourth-order valence-corrected chi connectivity index (χ4v) is 3.65. The third kappa shape index (κ3) is 4.32. The van der Waals surface area contributed by atoms with Crippen LogP contribution in [-0.2, 0) is 11.4 Å². The third-order valence-electron chi connectivity index (χ3n) is 4.01. The van der Waals surface area contributed by atoms with Crippen LogP contribution in [0.25, 0.3) is 6.08 Å². The van der Waals surface area contributed by atoms with Gasteiger partial charge >= 0.3 is 0 Å². The number of rotatable bonds is 6. The van der Waals surface area contributed by atoms with E-state index in [2.05, 4.69) is 0 Å². The highest BCUT2D eigenvalue weighted by atomic mass is 32.2. The van der Waals surface area contributed by atoms with Crippen molar-refractivity contribution in [3.63, 3.8) is 0 Å². The van der Waals surface area contributed by atoms with Gasteiger partial charge in [0, 0.05) is 19.2 Å². The monoisotopic (exact) mass is 416 g/mol. The summed E-state index contributed by atoms with van der Waals surface area (Å²) in [5, 5.41) is 10.7. The molecule has 1 aliphatic rings. The maximum atomic E-state index is 12.2. The highest BCUT2D eigenvalue weighted by molar-refractivity contribution is 8.26. The molecule has 0 spiro atoms. The number of methoxy groups -OCH3 is 1. The van der Waals surface area contributed by atoms with Crippen LogP contribution in [0.3, 0.4) is 0 Å². The first-order valence-electron chi connectivity index (χ1n) is 8.15. The number of amides is 1. The van der Waals surface area contributed by atoms with Gasteiger partial charge in [0.1, 0.15) is 10.9 Å². The molecule has 0 unspecified atom stereocenters. The minimum Gasteiger partial charge on any atom is -0.493 e. The molecule has 2 aromatic rings. The SMILES string of the molecule is COc1ccc(/C=C2/SC(=S)N(C)C2=O)cc1OCc1ccc([N+](=O)[O-])cc1. The number of nitro benzene ring substituents is 1. The maximum Gasteiger partial charge on any atom is 0.269 e. The predicted molar refractivity (Wildman–Crippen MR) is 111 cm³/mol. The number of carbonyl (C=O) groups excluding carboxylic acids is 1. The standard InChI is InChI=1S/C19H16N2O5S2/c1-20-18(22)17(28-19(20)27)10-13-5-8-15(25-2)16(9-13)26-11-12-3-6-14(7-4-12)21(23)24/h3-10H,11H2,1-2H3/b17-10+. The second-order valence-electron chi connectivity index (χ2n) is 5.86. The Morgan fingerprint density at radius 2 is 1.93 bits per heavy atom. The molecular weight excluding hydrogens is 400 g/mol. The second kappa shape index (κ2) is 8.41. The molecule has 1 saturated heterocycles. The van der Waals surface area contributed by atoms with E-state index < -0.39 is 4.92 Å². The summed E-state index contributed by atoms with van der Waals surface area (Å²) in [5.74, 6) is 0.905. The summed E-state index contributed by atoms with van der Waals surface area (Å²) in [6.45, 7) is 0.217. The lowest BCUT2D eigenvalue weighted by Crippen LogP contribution is -2.22. The number of nitro groups is 1. The zero-order valence-corrected chi connectivity index (χ0v) is 16.7. The van der Waals surface area contributed by atoms with Crippen LogP contribution in [0, 0.1) is 10.1 Å². The highest BCUT2D eigenvalue weighted by Gasteiger charge is 2.28. The largest absolute Gasteiger partial charge is 0.493 e. The smallest absolute Gasteiger partial charge is 0.269 e. The summed E-state index contributed by atoms with van der Waals surface area (Å²) in [6, 6.07) is 11.5. The molecular formula is C19H16N2O5S2. The van der Waals surface area contributed by atoms with Crippen molar-refractivity contribution in [2.45, 2.75) is 6.61 Å². The molecule has 1 fully saturated rings. The summed E-state index contributed by atoms with van der Waals surface area (Å²) in [4.78, 5) is 24.4. The fourth-order valence-electron chi connectivity index (χ4n) is 2.47. The lowest BCUT2D eigenvalue weighted by Gasteiger charge is -2.12. The van der Waals surface area contributed by atoms with E-state index in [0.29, 0.717) is 20.7 Å². The lowest BCUT2D eigenvalue weighted by atomic mass is 10.1. The quantitative estimate of drug-likeness (QED) is 0.304. The minimum absolute atomic E-state index is 0.0246. The number of thioether (sulfide) groups is 1. The molecule has 0 bridgehead atoms. The molecule has 1 aliphatic heterocycles. The van der Waals surface area contributed by atoms with E-state index in [-0.39, 0.29) is 18.2 Å². The number of ether oxygens (including phenoxy) is 2. The van der Waals surface area contributed by atoms with E-state index in [1.165, 1.54) is 35.9 Å². The molecule has 9 heteroatoms. The number of hydrogen-bond donors (Lipinski definition) is 0. The van der Waals surface area contributed by atoms with E-state index in [1.54, 1.807) is 37.4 Å². The van der Waals surface area contributed by atoms with Crippen molar-refractivity contribution in [2.75, 3.05) is 14.2 Å². The van der Waals surface area contributed by atoms with Gasteiger partial charge in [0.05, 0.1) is 16.9 Å². The Hall–Kier alpha value is -2.91. The second-order valence-corrected chi connectivity index (χ2v) is 7.54. The van der Waals surface area contributed by atoms with Gasteiger partial charge in [-0.25, -0.2) is 0 Å². The van der Waals surface area contributed by atoms with Crippen LogP contribution in [0.2, 0.25) is 0 Å². The van der Waals surface area contributed by atoms with Crippen LogP contribution in [0.4, 0.5) is 5.69 Å². The summed E-state index contributed by atoms with van der Waals surface area (Å²) >= 11 is 6.39. The van der Waals surface area contributed by atoms with Crippen molar-refractivity contribution in [2.24, 2.45) is 0 Å². The molecule has 144 valence electrons. The first-order chi connectivity index (χ1) is 13.4. The number of carbonyl (C=O) groups is 1. The Bertz CT molecular complexity index is 973. The van der Waals surface area contributed by atoms with Crippen LogP contribution in [0.15, 0.2) is 47.4 Å². The van der Waals surface area contributed by atoms with Gasteiger partial charge in [-0.3, -0.25) is 19.8 Å². The van der Waals surface area contributed by atoms with Crippen LogP contribution >= 0.6 is 24.0 Å². The van der Waals surface area contributed by atoms with E-state index in [4.69, 9.17) is 21.7 Å². The molecule has 0 aromatic heterocycles. The molecule has 0 saturated carbocycles. The van der Waals surface area contributed by atoms with Crippen LogP contribution in [-0.4, -0.2) is 34.2 Å². The maximum absolute atomic E-state index is 12.2. The van der Waals surface area contributed by atoms with E-state index in [9.17, 15) is 14.9 Å². The third-order valence-corrected chi connectivity index (χ3v) is 5.50. The van der Waals surface area contributed by atoms with Crippen molar-refractivity contribution in [3.8, 4) is 11.5 Å². The average Bonchev–Trinajstić information content (AvgIpc) is 2.93. The molecule has 7 nitrogen and oxygen atoms in total. The Kier molecular flexibility index (Phi) is 5.96. The first kappa shape index (κ1) is 19.8. The minimum atomic E-state index is -0.448. The van der Waals surface area contributed by atoms with Crippen molar-refractivity contribution in [1.82, 2.24) is 4.90 Å². The number of benzene rings is 2. The van der Waals surface area contributed by atoms with Gasteiger partial charge < -0.3 is 9.47 Å².